The summed E-state index contributed by atoms with van der Waals surface area (Å²) in [7, 11) is 1.84. The van der Waals surface area contributed by atoms with Crippen molar-refractivity contribution in [3.63, 3.8) is 0 Å². The highest BCUT2D eigenvalue weighted by Crippen LogP contribution is 2.03. The molecule has 0 fully saturated rings. The predicted molar refractivity (Wildman–Crippen MR) is 66.8 cm³/mol. The first-order valence-electron chi connectivity index (χ1n) is 5.09. The van der Waals surface area contributed by atoms with E-state index in [4.69, 9.17) is 18.0 Å². The molecule has 0 aromatic heterocycles. The lowest BCUT2D eigenvalue weighted by molar-refractivity contribution is -0.126. The maximum atomic E-state index is 11.7. The van der Waals surface area contributed by atoms with Crippen molar-refractivity contribution in [1.29, 1.82) is 0 Å². The van der Waals surface area contributed by atoms with Crippen LogP contribution in [0.3, 0.4) is 0 Å². The van der Waals surface area contributed by atoms with Crippen LogP contribution in [0, 0.1) is 0 Å². The van der Waals surface area contributed by atoms with Crippen molar-refractivity contribution < 1.29 is 4.79 Å². The Balaban J connectivity index is 4.37. The molecular weight excluding hydrogens is 210 g/mol. The van der Waals surface area contributed by atoms with E-state index in [0.29, 0.717) is 4.99 Å². The zero-order chi connectivity index (χ0) is 12.2. The van der Waals surface area contributed by atoms with Crippen molar-refractivity contribution in [2.45, 2.75) is 45.8 Å². The lowest BCUT2D eigenvalue weighted by Crippen LogP contribution is -2.51. The van der Waals surface area contributed by atoms with Crippen LogP contribution in [0.15, 0.2) is 0 Å². The number of carbonyl (C=O) groups excluding carboxylic acids is 1. The van der Waals surface area contributed by atoms with Crippen molar-refractivity contribution in [2.75, 3.05) is 7.05 Å². The van der Waals surface area contributed by atoms with Gasteiger partial charge in [-0.25, -0.2) is 0 Å². The van der Waals surface area contributed by atoms with Gasteiger partial charge in [-0.1, -0.05) is 12.2 Å². The molecule has 0 aliphatic rings. The van der Waals surface area contributed by atoms with E-state index in [-0.39, 0.29) is 24.0 Å². The number of thiocarbonyl (C=S) groups is 1. The standard InChI is InChI=1S/C10H21N3OS/c1-6(2)12-10(14)8(4)13(5)7(3)9(11)15/h6-8H,1-5H3,(H2,11,15)(H,12,14). The zero-order valence-electron chi connectivity index (χ0n) is 10.1. The lowest BCUT2D eigenvalue weighted by Gasteiger charge is -2.29. The van der Waals surface area contributed by atoms with Gasteiger partial charge in [0.2, 0.25) is 5.91 Å². The van der Waals surface area contributed by atoms with Crippen molar-refractivity contribution in [3.05, 3.63) is 0 Å². The quantitative estimate of drug-likeness (QED) is 0.677. The van der Waals surface area contributed by atoms with E-state index < -0.39 is 0 Å². The Morgan fingerprint density at radius 1 is 1.27 bits per heavy atom. The molecule has 0 aromatic carbocycles. The molecule has 0 bridgehead atoms. The molecular formula is C10H21N3OS. The normalized spacial score (nSPS) is 15.1. The van der Waals surface area contributed by atoms with Crippen molar-refractivity contribution in [1.82, 2.24) is 10.2 Å². The first-order valence-corrected chi connectivity index (χ1v) is 5.49. The Labute approximate surface area is 97.2 Å². The van der Waals surface area contributed by atoms with E-state index in [1.165, 1.54) is 0 Å². The third-order valence-corrected chi connectivity index (χ3v) is 2.79. The average Bonchev–Trinajstić information content (AvgIpc) is 2.13. The summed E-state index contributed by atoms with van der Waals surface area (Å²) in [6.45, 7) is 7.59. The van der Waals surface area contributed by atoms with Gasteiger partial charge < -0.3 is 11.1 Å². The van der Waals surface area contributed by atoms with E-state index in [1.54, 1.807) is 0 Å². The second-order valence-corrected chi connectivity index (χ2v) is 4.55. The van der Waals surface area contributed by atoms with Crippen molar-refractivity contribution in [3.8, 4) is 0 Å². The number of hydrogen-bond donors (Lipinski definition) is 2. The van der Waals surface area contributed by atoms with Crippen LogP contribution in [0.4, 0.5) is 0 Å². The second kappa shape index (κ2) is 6.02. The van der Waals surface area contributed by atoms with Gasteiger partial charge >= 0.3 is 0 Å². The van der Waals surface area contributed by atoms with Crippen LogP contribution in [0.2, 0.25) is 0 Å². The summed E-state index contributed by atoms with van der Waals surface area (Å²) in [5, 5.41) is 2.85. The molecule has 0 aliphatic carbocycles. The van der Waals surface area contributed by atoms with Crippen LogP contribution in [0.25, 0.3) is 0 Å². The molecule has 0 rings (SSSR count). The summed E-state index contributed by atoms with van der Waals surface area (Å²) < 4.78 is 0. The molecule has 4 nitrogen and oxygen atoms in total. The number of nitrogens with zero attached hydrogens (tertiary/aromatic N) is 1. The molecule has 0 aliphatic heterocycles. The minimum absolute atomic E-state index is 0.00407. The number of carbonyl (C=O) groups is 1. The predicted octanol–water partition coefficient (Wildman–Crippen LogP) is 0.506. The third kappa shape index (κ3) is 4.57. The monoisotopic (exact) mass is 231 g/mol. The molecule has 0 aromatic rings. The molecule has 2 atom stereocenters. The van der Waals surface area contributed by atoms with Gasteiger partial charge in [0.1, 0.15) is 0 Å². The SMILES string of the molecule is CC(C)NC(=O)C(C)N(C)C(C)C(N)=S. The van der Waals surface area contributed by atoms with Gasteiger partial charge in [0.05, 0.1) is 17.1 Å². The summed E-state index contributed by atoms with van der Waals surface area (Å²) in [5.41, 5.74) is 5.53. The Kier molecular flexibility index (Phi) is 5.75. The number of likely N-dealkylation sites (N-methyl/N-ethyl adjacent to an activating group) is 1. The number of nitrogens with one attached hydrogen (secondary N) is 1. The van der Waals surface area contributed by atoms with E-state index >= 15 is 0 Å². The van der Waals surface area contributed by atoms with Crippen molar-refractivity contribution in [2.24, 2.45) is 5.73 Å². The number of amides is 1. The first-order chi connectivity index (χ1) is 6.77. The van der Waals surface area contributed by atoms with Gasteiger partial charge in [-0.3, -0.25) is 9.69 Å². The lowest BCUT2D eigenvalue weighted by atomic mass is 10.2. The Morgan fingerprint density at radius 2 is 1.73 bits per heavy atom. The van der Waals surface area contributed by atoms with Crippen LogP contribution < -0.4 is 11.1 Å². The van der Waals surface area contributed by atoms with Gasteiger partial charge in [0, 0.05) is 6.04 Å². The first kappa shape index (κ1) is 14.3. The molecule has 0 saturated carbocycles. The van der Waals surface area contributed by atoms with Crippen LogP contribution in [-0.2, 0) is 4.79 Å². The van der Waals surface area contributed by atoms with Gasteiger partial charge in [-0.05, 0) is 34.7 Å². The fourth-order valence-electron chi connectivity index (χ4n) is 1.13. The van der Waals surface area contributed by atoms with E-state index in [9.17, 15) is 4.79 Å². The van der Waals surface area contributed by atoms with E-state index in [2.05, 4.69) is 5.32 Å². The highest BCUT2D eigenvalue weighted by Gasteiger charge is 2.23. The van der Waals surface area contributed by atoms with Gasteiger partial charge in [0.15, 0.2) is 0 Å². The molecule has 0 spiro atoms. The molecule has 0 heterocycles. The van der Waals surface area contributed by atoms with Crippen LogP contribution in [0.1, 0.15) is 27.7 Å². The van der Waals surface area contributed by atoms with Gasteiger partial charge in [-0.2, -0.15) is 0 Å². The molecule has 1 amide bonds. The Morgan fingerprint density at radius 3 is 2.07 bits per heavy atom. The number of nitrogens with two attached hydrogens (primary N) is 1. The zero-order valence-corrected chi connectivity index (χ0v) is 10.9. The van der Waals surface area contributed by atoms with Crippen LogP contribution >= 0.6 is 12.2 Å². The summed E-state index contributed by atoms with van der Waals surface area (Å²) in [4.78, 5) is 14.0. The van der Waals surface area contributed by atoms with Gasteiger partial charge in [0.25, 0.3) is 0 Å². The Bertz CT molecular complexity index is 243. The highest BCUT2D eigenvalue weighted by molar-refractivity contribution is 7.80. The minimum Gasteiger partial charge on any atom is -0.392 e. The Hall–Kier alpha value is -0.680. The highest BCUT2D eigenvalue weighted by atomic mass is 32.1. The van der Waals surface area contributed by atoms with E-state index in [0.717, 1.165) is 0 Å². The second-order valence-electron chi connectivity index (χ2n) is 4.08. The van der Waals surface area contributed by atoms with E-state index in [1.807, 2.05) is 39.6 Å². The largest absolute Gasteiger partial charge is 0.392 e. The van der Waals surface area contributed by atoms with Crippen LogP contribution in [0.5, 0.6) is 0 Å². The van der Waals surface area contributed by atoms with Crippen LogP contribution in [-0.4, -0.2) is 41.0 Å². The molecule has 2 unspecified atom stereocenters. The summed E-state index contributed by atoms with van der Waals surface area (Å²) in [6.07, 6.45) is 0. The molecule has 88 valence electrons. The molecule has 0 radical (unpaired) electrons. The smallest absolute Gasteiger partial charge is 0.237 e. The molecule has 15 heavy (non-hydrogen) atoms. The average molecular weight is 231 g/mol. The number of rotatable bonds is 5. The molecule has 5 heteroatoms. The molecule has 3 N–H and O–H groups in total. The fourth-order valence-corrected chi connectivity index (χ4v) is 1.29. The van der Waals surface area contributed by atoms with Crippen molar-refractivity contribution >= 4 is 23.1 Å². The summed E-state index contributed by atoms with van der Waals surface area (Å²) >= 11 is 4.89. The number of hydrogen-bond acceptors (Lipinski definition) is 3. The fraction of sp³-hybridized carbons (Fsp3) is 0.800. The summed E-state index contributed by atoms with van der Waals surface area (Å²) in [5.74, 6) is -0.00407. The summed E-state index contributed by atoms with van der Waals surface area (Å²) in [6, 6.07) is -0.162. The molecule has 0 saturated heterocycles. The maximum Gasteiger partial charge on any atom is 0.237 e. The third-order valence-electron chi connectivity index (χ3n) is 2.44. The maximum absolute atomic E-state index is 11.7. The van der Waals surface area contributed by atoms with Gasteiger partial charge in [-0.15, -0.1) is 0 Å². The minimum atomic E-state index is -0.233. The topological polar surface area (TPSA) is 58.4 Å².